The van der Waals surface area contributed by atoms with Crippen LogP contribution in [0.5, 0.6) is 0 Å². The van der Waals surface area contributed by atoms with Crippen molar-refractivity contribution >= 4 is 10.1 Å². The number of aliphatic hydroxyl groups excluding tert-OH is 1. The van der Waals surface area contributed by atoms with Crippen LogP contribution in [0.15, 0.2) is 34.3 Å². The average Bonchev–Trinajstić information content (AvgIpc) is 2.96. The highest BCUT2D eigenvalue weighted by Gasteiger charge is 2.52. The fraction of sp³-hybridized carbons (Fsp3) is 0.538. The van der Waals surface area contributed by atoms with E-state index in [0.29, 0.717) is 0 Å². The van der Waals surface area contributed by atoms with Crippen molar-refractivity contribution in [3.63, 3.8) is 0 Å². The van der Waals surface area contributed by atoms with Gasteiger partial charge in [-0.2, -0.15) is 8.42 Å². The first kappa shape index (κ1) is 16.2. The maximum Gasteiger partial charge on any atom is 0.297 e. The van der Waals surface area contributed by atoms with Crippen molar-refractivity contribution in [2.24, 2.45) is 5.11 Å². The fourth-order valence-electron chi connectivity index (χ4n) is 2.59. The minimum absolute atomic E-state index is 0.0293. The Balaban J connectivity index is 1.89. The van der Waals surface area contributed by atoms with Crippen LogP contribution in [0.25, 0.3) is 10.4 Å². The summed E-state index contributed by atoms with van der Waals surface area (Å²) in [5, 5.41) is 13.5. The van der Waals surface area contributed by atoms with Crippen LogP contribution in [-0.2, 0) is 23.8 Å². The second-order valence-electron chi connectivity index (χ2n) is 5.39. The molecule has 0 saturated carbocycles. The molecule has 9 nitrogen and oxygen atoms in total. The number of rotatable bonds is 4. The van der Waals surface area contributed by atoms with E-state index >= 15 is 0 Å². The van der Waals surface area contributed by atoms with Crippen molar-refractivity contribution in [2.45, 2.75) is 42.5 Å². The zero-order valence-electron chi connectivity index (χ0n) is 12.1. The van der Waals surface area contributed by atoms with E-state index in [9.17, 15) is 13.5 Å². The Morgan fingerprint density at radius 1 is 1.39 bits per heavy atom. The highest BCUT2D eigenvalue weighted by Crippen LogP contribution is 2.33. The zero-order chi connectivity index (χ0) is 16.6. The highest BCUT2D eigenvalue weighted by molar-refractivity contribution is 7.86. The molecule has 124 valence electrons. The van der Waals surface area contributed by atoms with Crippen molar-refractivity contribution in [1.82, 2.24) is 0 Å². The van der Waals surface area contributed by atoms with Crippen LogP contribution in [-0.4, -0.2) is 50.8 Å². The minimum Gasteiger partial charge on any atom is -0.387 e. The number of aliphatic hydroxyl groups is 1. The molecule has 1 N–H and O–H groups in total. The van der Waals surface area contributed by atoms with Crippen LogP contribution in [0, 0.1) is 6.92 Å². The molecule has 2 saturated heterocycles. The highest BCUT2D eigenvalue weighted by atomic mass is 32.2. The molecular formula is C13H15N3O6S. The number of hydrogen-bond acceptors (Lipinski definition) is 7. The van der Waals surface area contributed by atoms with Gasteiger partial charge in [-0.05, 0) is 24.6 Å². The Labute approximate surface area is 132 Å². The van der Waals surface area contributed by atoms with Crippen molar-refractivity contribution < 1.29 is 27.2 Å². The molecule has 5 atom stereocenters. The van der Waals surface area contributed by atoms with Gasteiger partial charge >= 0.3 is 0 Å². The number of fused-ring (bicyclic) bond motifs is 2. The third-order valence-corrected chi connectivity index (χ3v) is 5.12. The molecular weight excluding hydrogens is 326 g/mol. The summed E-state index contributed by atoms with van der Waals surface area (Å²) in [6.07, 6.45) is -4.15. The predicted octanol–water partition coefficient (Wildman–Crippen LogP) is 0.864. The van der Waals surface area contributed by atoms with Gasteiger partial charge in [-0.15, -0.1) is 0 Å². The molecule has 3 rings (SSSR count). The Bertz CT molecular complexity index is 731. The Hall–Kier alpha value is -1.68. The molecule has 0 unspecified atom stereocenters. The Morgan fingerprint density at radius 2 is 2.09 bits per heavy atom. The number of azide groups is 1. The van der Waals surface area contributed by atoms with Crippen molar-refractivity contribution in [2.75, 3.05) is 6.61 Å². The summed E-state index contributed by atoms with van der Waals surface area (Å²) in [5.74, 6) is 0. The number of ether oxygens (including phenoxy) is 2. The standard InChI is InChI=1S/C13H15N3O6S/c1-7-2-4-8(5-3-7)23(18,19)22-12-9-6-20-13(21-9)11(17)10(12)15-16-14/h2-5,9-13,17H,6H2,1H3/t9-,10-,11+,12-,13-/m1/s1. The number of benzene rings is 1. The van der Waals surface area contributed by atoms with Crippen LogP contribution in [0.2, 0.25) is 0 Å². The zero-order valence-corrected chi connectivity index (χ0v) is 13.0. The average molecular weight is 341 g/mol. The fourth-order valence-corrected chi connectivity index (χ4v) is 3.70. The second kappa shape index (κ2) is 6.08. The van der Waals surface area contributed by atoms with Gasteiger partial charge in [0.25, 0.3) is 10.1 Å². The number of nitrogens with zero attached hydrogens (tertiary/aromatic N) is 3. The summed E-state index contributed by atoms with van der Waals surface area (Å²) in [7, 11) is -4.11. The molecule has 0 aliphatic carbocycles. The molecule has 0 amide bonds. The third kappa shape index (κ3) is 3.05. The van der Waals surface area contributed by atoms with Crippen molar-refractivity contribution in [1.29, 1.82) is 0 Å². The lowest BCUT2D eigenvalue weighted by Gasteiger charge is -2.35. The van der Waals surface area contributed by atoms with E-state index in [1.807, 2.05) is 6.92 Å². The van der Waals surface area contributed by atoms with Gasteiger partial charge in [0.05, 0.1) is 17.5 Å². The summed E-state index contributed by atoms with van der Waals surface area (Å²) in [4.78, 5) is 2.62. The first-order valence-electron chi connectivity index (χ1n) is 6.91. The monoisotopic (exact) mass is 341 g/mol. The van der Waals surface area contributed by atoms with Crippen LogP contribution in [0.1, 0.15) is 5.56 Å². The van der Waals surface area contributed by atoms with E-state index in [1.165, 1.54) is 12.1 Å². The van der Waals surface area contributed by atoms with Crippen LogP contribution in [0.4, 0.5) is 0 Å². The summed E-state index contributed by atoms with van der Waals surface area (Å²) >= 11 is 0. The largest absolute Gasteiger partial charge is 0.387 e. The smallest absolute Gasteiger partial charge is 0.297 e. The quantitative estimate of drug-likeness (QED) is 0.374. The van der Waals surface area contributed by atoms with E-state index in [1.54, 1.807) is 12.1 Å². The molecule has 2 aliphatic rings. The van der Waals surface area contributed by atoms with Crippen molar-refractivity contribution in [3.05, 3.63) is 40.3 Å². The van der Waals surface area contributed by atoms with Crippen LogP contribution in [0.3, 0.4) is 0 Å². The SMILES string of the molecule is Cc1ccc(S(=O)(=O)O[C@H]2[C@H](N=[N+]=[N-])[C@H](O)[C@@H]3OC[C@H]2O3)cc1. The molecule has 2 aliphatic heterocycles. The molecule has 1 aromatic rings. The molecule has 0 aromatic heterocycles. The first-order chi connectivity index (χ1) is 10.9. The molecule has 10 heteroatoms. The van der Waals surface area contributed by atoms with E-state index < -0.39 is 40.8 Å². The molecule has 2 bridgehead atoms. The lowest BCUT2D eigenvalue weighted by Crippen LogP contribution is -2.54. The third-order valence-electron chi connectivity index (χ3n) is 3.80. The van der Waals surface area contributed by atoms with Gasteiger partial charge in [0.15, 0.2) is 6.29 Å². The predicted molar refractivity (Wildman–Crippen MR) is 76.8 cm³/mol. The van der Waals surface area contributed by atoms with Gasteiger partial charge in [-0.25, -0.2) is 0 Å². The first-order valence-corrected chi connectivity index (χ1v) is 8.32. The summed E-state index contributed by atoms with van der Waals surface area (Å²) in [5.41, 5.74) is 9.56. The van der Waals surface area contributed by atoms with Gasteiger partial charge < -0.3 is 14.6 Å². The summed E-state index contributed by atoms with van der Waals surface area (Å²) in [6.45, 7) is 1.88. The topological polar surface area (TPSA) is 131 Å². The Kier molecular flexibility index (Phi) is 4.28. The summed E-state index contributed by atoms with van der Waals surface area (Å²) in [6, 6.07) is 5.00. The molecule has 0 spiro atoms. The lowest BCUT2D eigenvalue weighted by molar-refractivity contribution is -0.184. The van der Waals surface area contributed by atoms with Crippen LogP contribution >= 0.6 is 0 Å². The van der Waals surface area contributed by atoms with E-state index in [-0.39, 0.29) is 11.5 Å². The molecule has 2 fully saturated rings. The van der Waals surface area contributed by atoms with Gasteiger partial charge in [-0.3, -0.25) is 4.18 Å². The number of aryl methyl sites for hydroxylation is 1. The molecule has 1 aromatic carbocycles. The van der Waals surface area contributed by atoms with E-state index in [0.717, 1.165) is 5.56 Å². The van der Waals surface area contributed by atoms with E-state index in [4.69, 9.17) is 19.2 Å². The lowest BCUT2D eigenvalue weighted by atomic mass is 9.99. The van der Waals surface area contributed by atoms with Gasteiger partial charge in [-0.1, -0.05) is 22.8 Å². The van der Waals surface area contributed by atoms with Gasteiger partial charge in [0.2, 0.25) is 0 Å². The number of hydrogen-bond donors (Lipinski definition) is 1. The van der Waals surface area contributed by atoms with Crippen molar-refractivity contribution in [3.8, 4) is 0 Å². The second-order valence-corrected chi connectivity index (χ2v) is 6.96. The van der Waals surface area contributed by atoms with E-state index in [2.05, 4.69) is 10.0 Å². The summed E-state index contributed by atoms with van der Waals surface area (Å²) < 4.78 is 40.6. The minimum atomic E-state index is -4.11. The Morgan fingerprint density at radius 3 is 2.74 bits per heavy atom. The maximum absolute atomic E-state index is 12.4. The molecule has 0 radical (unpaired) electrons. The van der Waals surface area contributed by atoms with Crippen LogP contribution < -0.4 is 0 Å². The van der Waals surface area contributed by atoms with Gasteiger partial charge in [0, 0.05) is 4.91 Å². The normalized spacial score (nSPS) is 33.2. The van der Waals surface area contributed by atoms with Gasteiger partial charge in [0.1, 0.15) is 18.3 Å². The maximum atomic E-state index is 12.4. The molecule has 2 heterocycles. The molecule has 23 heavy (non-hydrogen) atoms.